The minimum Gasteiger partial charge on any atom is -0.254 e. The standard InChI is InChI=1S/C16H20N2/c1-11-14(13-9-7-6-8-10-13)18-15(12(2)17-11)16(3,4)5/h6-10H,1-5H3. The van der Waals surface area contributed by atoms with Gasteiger partial charge in [0, 0.05) is 11.0 Å². The van der Waals surface area contributed by atoms with Crippen LogP contribution >= 0.6 is 0 Å². The molecular formula is C16H20N2. The Kier molecular flexibility index (Phi) is 3.20. The Bertz CT molecular complexity index is 551. The minimum absolute atomic E-state index is 0.0221. The van der Waals surface area contributed by atoms with Gasteiger partial charge in [0.1, 0.15) is 0 Å². The average Bonchev–Trinajstić information content (AvgIpc) is 2.28. The highest BCUT2D eigenvalue weighted by atomic mass is 14.9. The van der Waals surface area contributed by atoms with Crippen molar-refractivity contribution in [1.82, 2.24) is 9.97 Å². The summed E-state index contributed by atoms with van der Waals surface area (Å²) < 4.78 is 0. The first-order chi connectivity index (χ1) is 8.39. The van der Waals surface area contributed by atoms with Crippen molar-refractivity contribution in [2.45, 2.75) is 40.0 Å². The van der Waals surface area contributed by atoms with Crippen LogP contribution in [0.1, 0.15) is 37.9 Å². The van der Waals surface area contributed by atoms with Gasteiger partial charge in [0.25, 0.3) is 0 Å². The zero-order chi connectivity index (χ0) is 13.3. The van der Waals surface area contributed by atoms with Crippen LogP contribution in [-0.2, 0) is 5.41 Å². The highest BCUT2D eigenvalue weighted by Crippen LogP contribution is 2.27. The molecule has 0 atom stereocenters. The Balaban J connectivity index is 2.63. The average molecular weight is 240 g/mol. The van der Waals surface area contributed by atoms with Crippen molar-refractivity contribution in [1.29, 1.82) is 0 Å². The van der Waals surface area contributed by atoms with E-state index in [9.17, 15) is 0 Å². The van der Waals surface area contributed by atoms with Gasteiger partial charge in [0.15, 0.2) is 0 Å². The maximum atomic E-state index is 4.85. The number of aromatic nitrogens is 2. The Hall–Kier alpha value is -1.70. The third-order valence-electron chi connectivity index (χ3n) is 3.00. The Morgan fingerprint density at radius 3 is 2.00 bits per heavy atom. The fourth-order valence-corrected chi connectivity index (χ4v) is 2.21. The van der Waals surface area contributed by atoms with Crippen LogP contribution in [-0.4, -0.2) is 9.97 Å². The predicted octanol–water partition coefficient (Wildman–Crippen LogP) is 4.06. The first-order valence-corrected chi connectivity index (χ1v) is 6.31. The molecule has 0 saturated heterocycles. The smallest absolute Gasteiger partial charge is 0.0918 e. The van der Waals surface area contributed by atoms with Crippen molar-refractivity contribution < 1.29 is 0 Å². The highest BCUT2D eigenvalue weighted by molar-refractivity contribution is 5.61. The van der Waals surface area contributed by atoms with Crippen LogP contribution < -0.4 is 0 Å². The van der Waals surface area contributed by atoms with Gasteiger partial charge in [-0.05, 0) is 13.8 Å². The first-order valence-electron chi connectivity index (χ1n) is 6.31. The Morgan fingerprint density at radius 2 is 1.44 bits per heavy atom. The van der Waals surface area contributed by atoms with Gasteiger partial charge in [-0.15, -0.1) is 0 Å². The van der Waals surface area contributed by atoms with Gasteiger partial charge in [-0.2, -0.15) is 0 Å². The zero-order valence-corrected chi connectivity index (χ0v) is 11.8. The van der Waals surface area contributed by atoms with Gasteiger partial charge in [-0.1, -0.05) is 51.1 Å². The molecule has 0 N–H and O–H groups in total. The van der Waals surface area contributed by atoms with Crippen molar-refractivity contribution in [3.05, 3.63) is 47.4 Å². The molecule has 18 heavy (non-hydrogen) atoms. The second kappa shape index (κ2) is 4.52. The van der Waals surface area contributed by atoms with E-state index >= 15 is 0 Å². The number of benzene rings is 1. The van der Waals surface area contributed by atoms with E-state index in [1.165, 1.54) is 0 Å². The molecule has 1 aromatic carbocycles. The SMILES string of the molecule is Cc1nc(C)c(C(C)(C)C)nc1-c1ccccc1. The second-order valence-corrected chi connectivity index (χ2v) is 5.71. The van der Waals surface area contributed by atoms with E-state index in [0.717, 1.165) is 28.3 Å². The van der Waals surface area contributed by atoms with E-state index in [4.69, 9.17) is 4.98 Å². The van der Waals surface area contributed by atoms with Crippen LogP contribution in [0.4, 0.5) is 0 Å². The molecule has 0 aliphatic heterocycles. The fourth-order valence-electron chi connectivity index (χ4n) is 2.21. The summed E-state index contributed by atoms with van der Waals surface area (Å²) in [5.41, 5.74) is 5.24. The van der Waals surface area contributed by atoms with E-state index in [-0.39, 0.29) is 5.41 Å². The topological polar surface area (TPSA) is 25.8 Å². The van der Waals surface area contributed by atoms with Gasteiger partial charge < -0.3 is 0 Å². The monoisotopic (exact) mass is 240 g/mol. The van der Waals surface area contributed by atoms with Gasteiger partial charge in [-0.25, -0.2) is 4.98 Å². The van der Waals surface area contributed by atoms with Crippen LogP contribution in [0.5, 0.6) is 0 Å². The number of hydrogen-bond acceptors (Lipinski definition) is 2. The maximum absolute atomic E-state index is 4.85. The molecule has 0 amide bonds. The van der Waals surface area contributed by atoms with E-state index in [1.807, 2.05) is 32.0 Å². The lowest BCUT2D eigenvalue weighted by molar-refractivity contribution is 0.559. The summed E-state index contributed by atoms with van der Waals surface area (Å²) in [5.74, 6) is 0. The highest BCUT2D eigenvalue weighted by Gasteiger charge is 2.21. The first kappa shape index (κ1) is 12.7. The molecule has 0 aliphatic rings. The molecule has 0 saturated carbocycles. The third-order valence-corrected chi connectivity index (χ3v) is 3.00. The molecule has 94 valence electrons. The quantitative estimate of drug-likeness (QED) is 0.751. The summed E-state index contributed by atoms with van der Waals surface area (Å²) >= 11 is 0. The van der Waals surface area contributed by atoms with Gasteiger partial charge in [0.2, 0.25) is 0 Å². The second-order valence-electron chi connectivity index (χ2n) is 5.71. The van der Waals surface area contributed by atoms with E-state index in [2.05, 4.69) is 37.9 Å². The van der Waals surface area contributed by atoms with Gasteiger partial charge in [-0.3, -0.25) is 4.98 Å². The largest absolute Gasteiger partial charge is 0.254 e. The molecule has 0 spiro atoms. The van der Waals surface area contributed by atoms with E-state index in [0.29, 0.717) is 0 Å². The number of aryl methyl sites for hydroxylation is 2. The summed E-state index contributed by atoms with van der Waals surface area (Å²) in [6.07, 6.45) is 0. The summed E-state index contributed by atoms with van der Waals surface area (Å²) in [5, 5.41) is 0. The van der Waals surface area contributed by atoms with E-state index in [1.54, 1.807) is 0 Å². The number of hydrogen-bond donors (Lipinski definition) is 0. The minimum atomic E-state index is 0.0221. The molecule has 2 rings (SSSR count). The molecule has 2 aromatic rings. The lowest BCUT2D eigenvalue weighted by Gasteiger charge is -2.21. The Labute approximate surface area is 109 Å². The van der Waals surface area contributed by atoms with Crippen molar-refractivity contribution >= 4 is 0 Å². The molecule has 0 radical (unpaired) electrons. The summed E-state index contributed by atoms with van der Waals surface area (Å²) in [7, 11) is 0. The normalized spacial score (nSPS) is 11.6. The molecular weight excluding hydrogens is 220 g/mol. The Morgan fingerprint density at radius 1 is 0.833 bits per heavy atom. The molecule has 0 fully saturated rings. The summed E-state index contributed by atoms with van der Waals surface area (Å²) in [6, 6.07) is 10.3. The van der Waals surface area contributed by atoms with Crippen LogP contribution in [0.15, 0.2) is 30.3 Å². The molecule has 0 aliphatic carbocycles. The summed E-state index contributed by atoms with van der Waals surface area (Å²) in [6.45, 7) is 10.6. The van der Waals surface area contributed by atoms with Crippen LogP contribution in [0, 0.1) is 13.8 Å². The van der Waals surface area contributed by atoms with Crippen LogP contribution in [0.25, 0.3) is 11.3 Å². The summed E-state index contributed by atoms with van der Waals surface area (Å²) in [4.78, 5) is 9.50. The van der Waals surface area contributed by atoms with Gasteiger partial charge >= 0.3 is 0 Å². The zero-order valence-electron chi connectivity index (χ0n) is 11.8. The van der Waals surface area contributed by atoms with Crippen molar-refractivity contribution in [2.75, 3.05) is 0 Å². The molecule has 2 heteroatoms. The van der Waals surface area contributed by atoms with E-state index < -0.39 is 0 Å². The molecule has 2 nitrogen and oxygen atoms in total. The molecule has 0 bridgehead atoms. The van der Waals surface area contributed by atoms with Crippen molar-refractivity contribution in [3.63, 3.8) is 0 Å². The molecule has 0 unspecified atom stereocenters. The van der Waals surface area contributed by atoms with Gasteiger partial charge in [0.05, 0.1) is 22.8 Å². The predicted molar refractivity (Wildman–Crippen MR) is 75.6 cm³/mol. The lowest BCUT2D eigenvalue weighted by Crippen LogP contribution is -2.17. The number of nitrogens with zero attached hydrogens (tertiary/aromatic N) is 2. The van der Waals surface area contributed by atoms with Crippen molar-refractivity contribution in [2.24, 2.45) is 0 Å². The third kappa shape index (κ3) is 2.42. The van der Waals surface area contributed by atoms with Crippen LogP contribution in [0.3, 0.4) is 0 Å². The molecule has 1 aromatic heterocycles. The molecule has 1 heterocycles. The lowest BCUT2D eigenvalue weighted by atomic mass is 9.90. The number of rotatable bonds is 1. The van der Waals surface area contributed by atoms with Crippen molar-refractivity contribution in [3.8, 4) is 11.3 Å². The van der Waals surface area contributed by atoms with Crippen LogP contribution in [0.2, 0.25) is 0 Å². The maximum Gasteiger partial charge on any atom is 0.0918 e. The fraction of sp³-hybridized carbons (Fsp3) is 0.375.